The molecule has 0 bridgehead atoms. The van der Waals surface area contributed by atoms with Gasteiger partial charge in [0.25, 0.3) is 0 Å². The molecule has 2 rings (SSSR count). The second kappa shape index (κ2) is 6.14. The first-order valence-electron chi connectivity index (χ1n) is 6.12. The van der Waals surface area contributed by atoms with E-state index in [0.29, 0.717) is 5.92 Å². The Morgan fingerprint density at radius 2 is 1.44 bits per heavy atom. The third kappa shape index (κ3) is 3.20. The first-order valence-corrected chi connectivity index (χ1v) is 7.24. The van der Waals surface area contributed by atoms with Crippen molar-refractivity contribution in [2.75, 3.05) is 5.33 Å². The fraction of sp³-hybridized carbons (Fsp3) is 0.250. The molecule has 18 heavy (non-hydrogen) atoms. The third-order valence-electron chi connectivity index (χ3n) is 3.20. The van der Waals surface area contributed by atoms with Gasteiger partial charge < -0.3 is 0 Å². The number of benzene rings is 2. The summed E-state index contributed by atoms with van der Waals surface area (Å²) in [5, 5.41) is 1.02. The standard InChI is InChI=1S/C16H16BrF/c1-12(10-11-17)13-2-4-14(5-3-13)15-6-8-16(18)9-7-15/h2-9,12H,10-11H2,1H3. The maximum absolute atomic E-state index is 12.9. The van der Waals surface area contributed by atoms with Gasteiger partial charge in [-0.25, -0.2) is 4.39 Å². The van der Waals surface area contributed by atoms with Gasteiger partial charge in [-0.1, -0.05) is 59.3 Å². The Labute approximate surface area is 116 Å². The van der Waals surface area contributed by atoms with Crippen molar-refractivity contribution in [1.29, 1.82) is 0 Å². The minimum atomic E-state index is -0.193. The van der Waals surface area contributed by atoms with Crippen molar-refractivity contribution < 1.29 is 4.39 Å². The Hall–Kier alpha value is -1.15. The zero-order chi connectivity index (χ0) is 13.0. The van der Waals surface area contributed by atoms with Crippen LogP contribution in [0.5, 0.6) is 0 Å². The van der Waals surface area contributed by atoms with E-state index in [1.165, 1.54) is 17.7 Å². The second-order valence-electron chi connectivity index (χ2n) is 4.51. The topological polar surface area (TPSA) is 0 Å². The summed E-state index contributed by atoms with van der Waals surface area (Å²) < 4.78 is 12.9. The molecule has 0 spiro atoms. The quantitative estimate of drug-likeness (QED) is 0.665. The van der Waals surface area contributed by atoms with E-state index in [1.807, 2.05) is 12.1 Å². The highest BCUT2D eigenvalue weighted by molar-refractivity contribution is 9.09. The van der Waals surface area contributed by atoms with Gasteiger partial charge in [0.1, 0.15) is 5.82 Å². The summed E-state index contributed by atoms with van der Waals surface area (Å²) in [5.74, 6) is 0.368. The summed E-state index contributed by atoms with van der Waals surface area (Å²) in [7, 11) is 0. The van der Waals surface area contributed by atoms with Crippen LogP contribution in [0.4, 0.5) is 4.39 Å². The lowest BCUT2D eigenvalue weighted by Gasteiger charge is -2.11. The zero-order valence-corrected chi connectivity index (χ0v) is 12.0. The molecule has 1 atom stereocenters. The molecule has 0 aliphatic rings. The van der Waals surface area contributed by atoms with Crippen molar-refractivity contribution in [3.63, 3.8) is 0 Å². The van der Waals surface area contributed by atoms with Crippen LogP contribution in [-0.2, 0) is 0 Å². The lowest BCUT2D eigenvalue weighted by atomic mass is 9.96. The van der Waals surface area contributed by atoms with E-state index in [9.17, 15) is 4.39 Å². The van der Waals surface area contributed by atoms with Gasteiger partial charge >= 0.3 is 0 Å². The zero-order valence-electron chi connectivity index (χ0n) is 10.4. The van der Waals surface area contributed by atoms with Crippen LogP contribution >= 0.6 is 15.9 Å². The monoisotopic (exact) mass is 306 g/mol. The predicted octanol–water partition coefficient (Wildman–Crippen LogP) is 5.38. The SMILES string of the molecule is CC(CCBr)c1ccc(-c2ccc(F)cc2)cc1. The smallest absolute Gasteiger partial charge is 0.123 e. The number of hydrogen-bond donors (Lipinski definition) is 0. The Bertz CT molecular complexity index is 488. The highest BCUT2D eigenvalue weighted by atomic mass is 79.9. The van der Waals surface area contributed by atoms with Crippen LogP contribution in [0, 0.1) is 5.82 Å². The highest BCUT2D eigenvalue weighted by Gasteiger charge is 2.05. The maximum Gasteiger partial charge on any atom is 0.123 e. The van der Waals surface area contributed by atoms with Gasteiger partial charge in [-0.2, -0.15) is 0 Å². The Morgan fingerprint density at radius 1 is 0.944 bits per heavy atom. The molecule has 2 aromatic rings. The number of rotatable bonds is 4. The van der Waals surface area contributed by atoms with E-state index < -0.39 is 0 Å². The highest BCUT2D eigenvalue weighted by Crippen LogP contribution is 2.24. The number of halogens is 2. The van der Waals surface area contributed by atoms with E-state index >= 15 is 0 Å². The molecule has 2 heteroatoms. The Morgan fingerprint density at radius 3 is 1.94 bits per heavy atom. The van der Waals surface area contributed by atoms with E-state index in [2.05, 4.69) is 47.1 Å². The molecule has 0 aliphatic heterocycles. The molecule has 0 amide bonds. The summed E-state index contributed by atoms with van der Waals surface area (Å²) >= 11 is 3.47. The molecule has 0 aromatic heterocycles. The van der Waals surface area contributed by atoms with Crippen LogP contribution in [0.2, 0.25) is 0 Å². The van der Waals surface area contributed by atoms with Gasteiger partial charge in [0, 0.05) is 5.33 Å². The average Bonchev–Trinajstić information content (AvgIpc) is 2.40. The van der Waals surface area contributed by atoms with Gasteiger partial charge in [-0.3, -0.25) is 0 Å². The van der Waals surface area contributed by atoms with Gasteiger partial charge in [-0.05, 0) is 41.2 Å². The molecule has 0 N–H and O–H groups in total. The van der Waals surface area contributed by atoms with Crippen molar-refractivity contribution in [3.8, 4) is 11.1 Å². The largest absolute Gasteiger partial charge is 0.207 e. The van der Waals surface area contributed by atoms with Crippen LogP contribution in [0.25, 0.3) is 11.1 Å². The predicted molar refractivity (Wildman–Crippen MR) is 78.7 cm³/mol. The van der Waals surface area contributed by atoms with Crippen molar-refractivity contribution >= 4 is 15.9 Å². The summed E-state index contributed by atoms with van der Waals surface area (Å²) in [5.41, 5.74) is 3.53. The fourth-order valence-electron chi connectivity index (χ4n) is 1.98. The fourth-order valence-corrected chi connectivity index (χ4v) is 2.66. The molecular formula is C16H16BrF. The van der Waals surface area contributed by atoms with Gasteiger partial charge in [0.15, 0.2) is 0 Å². The van der Waals surface area contributed by atoms with Crippen LogP contribution in [0.15, 0.2) is 48.5 Å². The van der Waals surface area contributed by atoms with Gasteiger partial charge in [0.05, 0.1) is 0 Å². The van der Waals surface area contributed by atoms with Crippen molar-refractivity contribution in [3.05, 3.63) is 59.9 Å². The molecule has 0 heterocycles. The van der Waals surface area contributed by atoms with E-state index in [-0.39, 0.29) is 5.82 Å². The van der Waals surface area contributed by atoms with Crippen LogP contribution < -0.4 is 0 Å². The second-order valence-corrected chi connectivity index (χ2v) is 5.30. The van der Waals surface area contributed by atoms with E-state index in [4.69, 9.17) is 0 Å². The molecule has 0 radical (unpaired) electrons. The Balaban J connectivity index is 2.19. The minimum Gasteiger partial charge on any atom is -0.207 e. The van der Waals surface area contributed by atoms with Crippen molar-refractivity contribution in [2.45, 2.75) is 19.3 Å². The van der Waals surface area contributed by atoms with Crippen LogP contribution in [0.3, 0.4) is 0 Å². The maximum atomic E-state index is 12.9. The molecule has 0 nitrogen and oxygen atoms in total. The lowest BCUT2D eigenvalue weighted by molar-refractivity contribution is 0.628. The average molecular weight is 307 g/mol. The van der Waals surface area contributed by atoms with Gasteiger partial charge in [0.2, 0.25) is 0 Å². The molecular weight excluding hydrogens is 291 g/mol. The Kier molecular flexibility index (Phi) is 4.54. The third-order valence-corrected chi connectivity index (χ3v) is 3.66. The number of hydrogen-bond acceptors (Lipinski definition) is 0. The normalized spacial score (nSPS) is 12.4. The molecule has 1 unspecified atom stereocenters. The summed E-state index contributed by atoms with van der Waals surface area (Å²) in [6, 6.07) is 15.1. The van der Waals surface area contributed by atoms with Crippen LogP contribution in [0.1, 0.15) is 24.8 Å². The molecule has 0 saturated heterocycles. The summed E-state index contributed by atoms with van der Waals surface area (Å²) in [4.78, 5) is 0. The minimum absolute atomic E-state index is 0.193. The molecule has 0 saturated carbocycles. The summed E-state index contributed by atoms with van der Waals surface area (Å²) in [6.07, 6.45) is 1.13. The first-order chi connectivity index (χ1) is 8.70. The summed E-state index contributed by atoms with van der Waals surface area (Å²) in [6.45, 7) is 2.23. The molecule has 2 aromatic carbocycles. The van der Waals surface area contributed by atoms with Crippen LogP contribution in [-0.4, -0.2) is 5.33 Å². The van der Waals surface area contributed by atoms with Crippen molar-refractivity contribution in [1.82, 2.24) is 0 Å². The molecule has 0 aliphatic carbocycles. The first kappa shape index (κ1) is 13.3. The van der Waals surface area contributed by atoms with Crippen molar-refractivity contribution in [2.24, 2.45) is 0 Å². The molecule has 94 valence electrons. The van der Waals surface area contributed by atoms with Gasteiger partial charge in [-0.15, -0.1) is 0 Å². The van der Waals surface area contributed by atoms with E-state index in [0.717, 1.165) is 22.9 Å². The molecule has 0 fully saturated rings. The number of alkyl halides is 1. The van der Waals surface area contributed by atoms with E-state index in [1.54, 1.807) is 0 Å². The lowest BCUT2D eigenvalue weighted by Crippen LogP contribution is -1.93.